The molecule has 0 heterocycles. The Hall–Kier alpha value is -1.25. The number of phosphoric ester groups is 1. The van der Waals surface area contributed by atoms with Gasteiger partial charge in [0.25, 0.3) is 0 Å². The predicted molar refractivity (Wildman–Crippen MR) is 188 cm³/mol. The van der Waals surface area contributed by atoms with Crippen molar-refractivity contribution in [2.24, 2.45) is 0 Å². The molecular formula is C36H71NO8P+. The Kier molecular flexibility index (Phi) is 29.0. The van der Waals surface area contributed by atoms with Crippen molar-refractivity contribution < 1.29 is 42.1 Å². The van der Waals surface area contributed by atoms with Gasteiger partial charge in [0.15, 0.2) is 6.10 Å². The van der Waals surface area contributed by atoms with E-state index in [1.54, 1.807) is 0 Å². The molecule has 0 aromatic heterocycles. The summed E-state index contributed by atoms with van der Waals surface area (Å²) < 4.78 is 34.0. The standard InChI is InChI=1S/C36H70NO8P/c1-6-8-10-12-14-16-17-18-19-20-21-23-25-27-29-36(39)45-34(33-44-46(40,41)43-31-30-37(3,4)5)32-42-35(38)28-26-24-22-15-13-11-9-7-2/h17-18,34H,6-16,19-33H2,1-5H3/p+1/b18-17+/t34-/m1/s1. The van der Waals surface area contributed by atoms with E-state index < -0.39 is 26.5 Å². The lowest BCUT2D eigenvalue weighted by Crippen LogP contribution is -2.37. The third-order valence-electron chi connectivity index (χ3n) is 7.80. The van der Waals surface area contributed by atoms with Crippen molar-refractivity contribution in [2.75, 3.05) is 47.5 Å². The van der Waals surface area contributed by atoms with Gasteiger partial charge in [-0.15, -0.1) is 0 Å². The predicted octanol–water partition coefficient (Wildman–Crippen LogP) is 9.46. The number of carbonyl (C=O) groups is 2. The van der Waals surface area contributed by atoms with E-state index in [9.17, 15) is 19.0 Å². The van der Waals surface area contributed by atoms with Crippen LogP contribution in [0, 0.1) is 0 Å². The molecule has 9 nitrogen and oxygen atoms in total. The minimum Gasteiger partial charge on any atom is -0.462 e. The van der Waals surface area contributed by atoms with Crippen LogP contribution >= 0.6 is 7.82 Å². The van der Waals surface area contributed by atoms with E-state index >= 15 is 0 Å². The van der Waals surface area contributed by atoms with Gasteiger partial charge < -0.3 is 18.9 Å². The lowest BCUT2D eigenvalue weighted by molar-refractivity contribution is -0.870. The van der Waals surface area contributed by atoms with E-state index in [0.717, 1.165) is 51.4 Å². The molecule has 0 radical (unpaired) electrons. The van der Waals surface area contributed by atoms with Crippen LogP contribution in [0.15, 0.2) is 12.2 Å². The van der Waals surface area contributed by atoms with Gasteiger partial charge in [-0.1, -0.05) is 116 Å². The van der Waals surface area contributed by atoms with Gasteiger partial charge in [0, 0.05) is 12.8 Å². The number of hydrogen-bond acceptors (Lipinski definition) is 7. The zero-order valence-electron chi connectivity index (χ0n) is 30.3. The van der Waals surface area contributed by atoms with E-state index in [1.807, 2.05) is 21.1 Å². The molecule has 0 aromatic carbocycles. The van der Waals surface area contributed by atoms with Crippen molar-refractivity contribution in [3.63, 3.8) is 0 Å². The van der Waals surface area contributed by atoms with Gasteiger partial charge in [0.2, 0.25) is 0 Å². The van der Waals surface area contributed by atoms with Crippen molar-refractivity contribution in [3.05, 3.63) is 12.2 Å². The maximum Gasteiger partial charge on any atom is 0.472 e. The molecule has 0 aliphatic heterocycles. The quantitative estimate of drug-likeness (QED) is 0.0241. The van der Waals surface area contributed by atoms with E-state index in [-0.39, 0.29) is 32.0 Å². The van der Waals surface area contributed by atoms with Gasteiger partial charge in [-0.25, -0.2) is 4.57 Å². The fraction of sp³-hybridized carbons (Fsp3) is 0.889. The number of phosphoric acid groups is 1. The van der Waals surface area contributed by atoms with Crippen LogP contribution in [-0.4, -0.2) is 74.9 Å². The second kappa shape index (κ2) is 29.9. The van der Waals surface area contributed by atoms with Crippen LogP contribution in [0.4, 0.5) is 0 Å². The van der Waals surface area contributed by atoms with Gasteiger partial charge in [-0.3, -0.25) is 18.6 Å². The lowest BCUT2D eigenvalue weighted by Gasteiger charge is -2.24. The van der Waals surface area contributed by atoms with Crippen LogP contribution in [0.3, 0.4) is 0 Å². The SMILES string of the molecule is CCCCCCC/C=C/CCCCCCCC(=O)O[C@H](COC(=O)CCCCCCCCCC)COP(=O)(O)OCC[N+](C)(C)C. The molecule has 1 unspecified atom stereocenters. The average molecular weight is 677 g/mol. The molecule has 0 spiro atoms. The van der Waals surface area contributed by atoms with Gasteiger partial charge in [-0.2, -0.15) is 0 Å². The zero-order valence-corrected chi connectivity index (χ0v) is 31.2. The summed E-state index contributed by atoms with van der Waals surface area (Å²) in [6.07, 6.45) is 26.9. The number of quaternary nitrogens is 1. The lowest BCUT2D eigenvalue weighted by atomic mass is 10.1. The van der Waals surface area contributed by atoms with E-state index in [1.165, 1.54) is 70.6 Å². The number of carbonyl (C=O) groups excluding carboxylic acids is 2. The number of ether oxygens (including phenoxy) is 2. The molecule has 10 heteroatoms. The molecule has 0 amide bonds. The number of rotatable bonds is 33. The fourth-order valence-electron chi connectivity index (χ4n) is 4.83. The number of allylic oxidation sites excluding steroid dienone is 2. The minimum absolute atomic E-state index is 0.0325. The Labute approximate surface area is 282 Å². The fourth-order valence-corrected chi connectivity index (χ4v) is 5.57. The van der Waals surface area contributed by atoms with Crippen LogP contribution in [0.5, 0.6) is 0 Å². The highest BCUT2D eigenvalue weighted by atomic mass is 31.2. The summed E-state index contributed by atoms with van der Waals surface area (Å²) in [4.78, 5) is 35.0. The third-order valence-corrected chi connectivity index (χ3v) is 8.78. The summed E-state index contributed by atoms with van der Waals surface area (Å²) in [5, 5.41) is 0. The Morgan fingerprint density at radius 3 is 1.61 bits per heavy atom. The third kappa shape index (κ3) is 32.7. The topological polar surface area (TPSA) is 108 Å². The Morgan fingerprint density at radius 2 is 1.11 bits per heavy atom. The Morgan fingerprint density at radius 1 is 0.652 bits per heavy atom. The Bertz CT molecular complexity index is 814. The molecule has 272 valence electrons. The summed E-state index contributed by atoms with van der Waals surface area (Å²) in [6, 6.07) is 0. The molecule has 0 rings (SSSR count). The van der Waals surface area contributed by atoms with Crippen LogP contribution < -0.4 is 0 Å². The zero-order chi connectivity index (χ0) is 34.4. The second-order valence-corrected chi connectivity index (χ2v) is 15.1. The molecule has 0 saturated heterocycles. The van der Waals surface area contributed by atoms with Gasteiger partial charge in [0.1, 0.15) is 19.8 Å². The summed E-state index contributed by atoms with van der Waals surface area (Å²) in [5.41, 5.74) is 0. The molecule has 0 aliphatic carbocycles. The minimum atomic E-state index is -4.36. The number of likely N-dealkylation sites (N-methyl/N-ethyl adjacent to an activating group) is 1. The summed E-state index contributed by atoms with van der Waals surface area (Å²) >= 11 is 0. The number of unbranched alkanes of at least 4 members (excludes halogenated alkanes) is 17. The smallest absolute Gasteiger partial charge is 0.462 e. The van der Waals surface area contributed by atoms with Crippen molar-refractivity contribution >= 4 is 19.8 Å². The maximum absolute atomic E-state index is 12.6. The van der Waals surface area contributed by atoms with Crippen LogP contribution in [0.25, 0.3) is 0 Å². The highest BCUT2D eigenvalue weighted by Gasteiger charge is 2.27. The van der Waals surface area contributed by atoms with Crippen LogP contribution in [0.2, 0.25) is 0 Å². The highest BCUT2D eigenvalue weighted by molar-refractivity contribution is 7.47. The van der Waals surface area contributed by atoms with E-state index in [2.05, 4.69) is 26.0 Å². The first-order valence-electron chi connectivity index (χ1n) is 18.4. The molecule has 0 saturated carbocycles. The summed E-state index contributed by atoms with van der Waals surface area (Å²) in [5.74, 6) is -0.812. The largest absolute Gasteiger partial charge is 0.472 e. The van der Waals surface area contributed by atoms with E-state index in [4.69, 9.17) is 18.5 Å². The highest BCUT2D eigenvalue weighted by Crippen LogP contribution is 2.43. The maximum atomic E-state index is 12.6. The molecule has 1 N–H and O–H groups in total. The first kappa shape index (κ1) is 44.8. The summed E-state index contributed by atoms with van der Waals surface area (Å²) in [6.45, 7) is 4.35. The molecule has 0 bridgehead atoms. The van der Waals surface area contributed by atoms with Gasteiger partial charge in [-0.05, 0) is 38.5 Å². The van der Waals surface area contributed by atoms with Crippen LogP contribution in [-0.2, 0) is 32.7 Å². The molecule has 2 atom stereocenters. The summed E-state index contributed by atoms with van der Waals surface area (Å²) in [7, 11) is 1.47. The van der Waals surface area contributed by atoms with E-state index in [0.29, 0.717) is 17.4 Å². The van der Waals surface area contributed by atoms with Gasteiger partial charge >= 0.3 is 19.8 Å². The average Bonchev–Trinajstić information content (AvgIpc) is 2.99. The first-order valence-corrected chi connectivity index (χ1v) is 19.9. The van der Waals surface area contributed by atoms with Crippen LogP contribution in [0.1, 0.15) is 155 Å². The molecule has 46 heavy (non-hydrogen) atoms. The van der Waals surface area contributed by atoms with Crippen molar-refractivity contribution in [3.8, 4) is 0 Å². The second-order valence-electron chi connectivity index (χ2n) is 13.6. The monoisotopic (exact) mass is 676 g/mol. The number of hydrogen-bond donors (Lipinski definition) is 1. The molecule has 0 fully saturated rings. The molecular weight excluding hydrogens is 605 g/mol. The normalized spacial score (nSPS) is 14.0. The van der Waals surface area contributed by atoms with Crippen molar-refractivity contribution in [1.82, 2.24) is 0 Å². The number of esters is 2. The van der Waals surface area contributed by atoms with Crippen molar-refractivity contribution in [2.45, 2.75) is 161 Å². The first-order chi connectivity index (χ1) is 22.0. The molecule has 0 aliphatic rings. The van der Waals surface area contributed by atoms with Crippen molar-refractivity contribution in [1.29, 1.82) is 0 Å². The Balaban J connectivity index is 4.45. The van der Waals surface area contributed by atoms with Gasteiger partial charge in [0.05, 0.1) is 27.7 Å². The number of nitrogens with zero attached hydrogens (tertiary/aromatic N) is 1. The molecule has 0 aromatic rings.